The van der Waals surface area contributed by atoms with Crippen molar-refractivity contribution in [3.05, 3.63) is 0 Å². The molecule has 1 atom stereocenters. The second-order valence-corrected chi connectivity index (χ2v) is 3.54. The van der Waals surface area contributed by atoms with Crippen LogP contribution in [0.25, 0.3) is 0 Å². The Bertz CT molecular complexity index is 234. The van der Waals surface area contributed by atoms with Gasteiger partial charge >= 0.3 is 5.97 Å². The van der Waals surface area contributed by atoms with E-state index in [2.05, 4.69) is 5.16 Å². The van der Waals surface area contributed by atoms with Crippen molar-refractivity contribution in [2.75, 3.05) is 0 Å². The first-order valence-electron chi connectivity index (χ1n) is 3.94. The molecule has 0 fully saturated rings. The summed E-state index contributed by atoms with van der Waals surface area (Å²) < 4.78 is 0. The van der Waals surface area contributed by atoms with Gasteiger partial charge in [0.1, 0.15) is 0 Å². The standard InChI is InChI=1S/C8H13NO3/c1-5(2)6-4-8(3,7(10)11)12-9-6/h5H,4H2,1-3H3,(H,10,11). The Kier molecular flexibility index (Phi) is 2.08. The number of carboxylic acids is 1. The Morgan fingerprint density at radius 1 is 1.75 bits per heavy atom. The number of hydrogen-bond acceptors (Lipinski definition) is 3. The van der Waals surface area contributed by atoms with Crippen molar-refractivity contribution in [1.29, 1.82) is 0 Å². The highest BCUT2D eigenvalue weighted by Gasteiger charge is 2.42. The molecule has 0 aromatic carbocycles. The van der Waals surface area contributed by atoms with E-state index >= 15 is 0 Å². The highest BCUT2D eigenvalue weighted by molar-refractivity contribution is 5.93. The minimum absolute atomic E-state index is 0.256. The van der Waals surface area contributed by atoms with Crippen LogP contribution in [0, 0.1) is 5.92 Å². The third-order valence-electron chi connectivity index (χ3n) is 2.00. The average molecular weight is 171 g/mol. The molecule has 1 aliphatic rings. The van der Waals surface area contributed by atoms with Gasteiger partial charge in [0.15, 0.2) is 0 Å². The van der Waals surface area contributed by atoms with Gasteiger partial charge in [0.25, 0.3) is 0 Å². The van der Waals surface area contributed by atoms with Crippen molar-refractivity contribution in [2.45, 2.75) is 32.8 Å². The molecule has 12 heavy (non-hydrogen) atoms. The van der Waals surface area contributed by atoms with Crippen LogP contribution in [0.2, 0.25) is 0 Å². The zero-order valence-corrected chi connectivity index (χ0v) is 7.50. The van der Waals surface area contributed by atoms with Crippen molar-refractivity contribution in [3.8, 4) is 0 Å². The zero-order valence-electron chi connectivity index (χ0n) is 7.50. The van der Waals surface area contributed by atoms with E-state index in [4.69, 9.17) is 9.94 Å². The first kappa shape index (κ1) is 9.03. The van der Waals surface area contributed by atoms with Gasteiger partial charge < -0.3 is 9.94 Å². The predicted octanol–water partition coefficient (Wildman–Crippen LogP) is 1.26. The van der Waals surface area contributed by atoms with Gasteiger partial charge in [0, 0.05) is 6.42 Å². The number of aliphatic carboxylic acids is 1. The summed E-state index contributed by atoms with van der Waals surface area (Å²) in [6.07, 6.45) is 0.389. The molecule has 1 aliphatic heterocycles. The fourth-order valence-electron chi connectivity index (χ4n) is 0.994. The third kappa shape index (κ3) is 1.42. The highest BCUT2D eigenvalue weighted by atomic mass is 16.7. The lowest BCUT2D eigenvalue weighted by Crippen LogP contribution is -2.35. The number of carbonyl (C=O) groups is 1. The summed E-state index contributed by atoms with van der Waals surface area (Å²) >= 11 is 0. The van der Waals surface area contributed by atoms with Crippen LogP contribution in [-0.4, -0.2) is 22.4 Å². The summed E-state index contributed by atoms with van der Waals surface area (Å²) in [4.78, 5) is 15.6. The molecule has 0 saturated heterocycles. The van der Waals surface area contributed by atoms with E-state index in [0.717, 1.165) is 5.71 Å². The maximum absolute atomic E-state index is 10.7. The Hall–Kier alpha value is -1.06. The van der Waals surface area contributed by atoms with E-state index in [0.29, 0.717) is 6.42 Å². The lowest BCUT2D eigenvalue weighted by molar-refractivity contribution is -0.160. The van der Waals surface area contributed by atoms with Gasteiger partial charge in [-0.15, -0.1) is 0 Å². The van der Waals surface area contributed by atoms with E-state index in [1.54, 1.807) is 0 Å². The number of nitrogens with zero attached hydrogens (tertiary/aromatic N) is 1. The number of oxime groups is 1. The molecule has 0 saturated carbocycles. The molecular weight excluding hydrogens is 158 g/mol. The van der Waals surface area contributed by atoms with Crippen molar-refractivity contribution < 1.29 is 14.7 Å². The highest BCUT2D eigenvalue weighted by Crippen LogP contribution is 2.26. The summed E-state index contributed by atoms with van der Waals surface area (Å²) in [5.74, 6) is -0.701. The molecule has 1 heterocycles. The van der Waals surface area contributed by atoms with E-state index in [1.165, 1.54) is 6.92 Å². The van der Waals surface area contributed by atoms with E-state index in [1.807, 2.05) is 13.8 Å². The summed E-state index contributed by atoms with van der Waals surface area (Å²) in [5, 5.41) is 12.5. The molecule has 0 aliphatic carbocycles. The van der Waals surface area contributed by atoms with E-state index < -0.39 is 11.6 Å². The second-order valence-electron chi connectivity index (χ2n) is 3.54. The van der Waals surface area contributed by atoms with Crippen LogP contribution in [-0.2, 0) is 9.63 Å². The molecule has 4 nitrogen and oxygen atoms in total. The van der Waals surface area contributed by atoms with Crippen LogP contribution >= 0.6 is 0 Å². The van der Waals surface area contributed by atoms with Crippen molar-refractivity contribution in [3.63, 3.8) is 0 Å². The Morgan fingerprint density at radius 2 is 2.33 bits per heavy atom. The smallest absolute Gasteiger partial charge is 0.351 e. The summed E-state index contributed by atoms with van der Waals surface area (Å²) in [5.41, 5.74) is -0.320. The molecule has 0 amide bonds. The normalized spacial score (nSPS) is 28.5. The molecule has 0 aromatic heterocycles. The lowest BCUT2D eigenvalue weighted by Gasteiger charge is -2.14. The molecule has 1 unspecified atom stereocenters. The summed E-state index contributed by atoms with van der Waals surface area (Å²) in [6, 6.07) is 0. The van der Waals surface area contributed by atoms with Gasteiger partial charge in [-0.25, -0.2) is 4.79 Å². The average Bonchev–Trinajstić information content (AvgIpc) is 2.33. The van der Waals surface area contributed by atoms with Crippen LogP contribution in [0.1, 0.15) is 27.2 Å². The quantitative estimate of drug-likeness (QED) is 0.680. The van der Waals surface area contributed by atoms with Gasteiger partial charge in [-0.2, -0.15) is 0 Å². The van der Waals surface area contributed by atoms with Crippen molar-refractivity contribution in [2.24, 2.45) is 11.1 Å². The summed E-state index contributed by atoms with van der Waals surface area (Å²) in [7, 11) is 0. The number of carboxylic acid groups (broad SMARTS) is 1. The van der Waals surface area contributed by atoms with Crippen LogP contribution in [0.4, 0.5) is 0 Å². The topological polar surface area (TPSA) is 58.9 Å². The Morgan fingerprint density at radius 3 is 2.58 bits per heavy atom. The van der Waals surface area contributed by atoms with Crippen LogP contribution in [0.3, 0.4) is 0 Å². The summed E-state index contributed by atoms with van der Waals surface area (Å²) in [6.45, 7) is 5.47. The van der Waals surface area contributed by atoms with Crippen molar-refractivity contribution in [1.82, 2.24) is 0 Å². The minimum Gasteiger partial charge on any atom is -0.478 e. The monoisotopic (exact) mass is 171 g/mol. The fraction of sp³-hybridized carbons (Fsp3) is 0.750. The van der Waals surface area contributed by atoms with E-state index in [9.17, 15) is 4.79 Å². The Balaban J connectivity index is 2.68. The molecule has 1 rings (SSSR count). The Labute approximate surface area is 71.2 Å². The molecule has 0 radical (unpaired) electrons. The largest absolute Gasteiger partial charge is 0.478 e. The molecule has 0 spiro atoms. The molecule has 1 N–H and O–H groups in total. The first-order chi connectivity index (χ1) is 5.46. The van der Waals surface area contributed by atoms with Gasteiger partial charge in [-0.05, 0) is 12.8 Å². The predicted molar refractivity (Wildman–Crippen MR) is 44.0 cm³/mol. The first-order valence-corrected chi connectivity index (χ1v) is 3.94. The molecule has 0 aromatic rings. The van der Waals surface area contributed by atoms with Crippen LogP contribution < -0.4 is 0 Å². The SMILES string of the molecule is CC(C)C1=NOC(C)(C(=O)O)C1. The maximum atomic E-state index is 10.7. The minimum atomic E-state index is -1.14. The maximum Gasteiger partial charge on any atom is 0.351 e. The number of rotatable bonds is 2. The van der Waals surface area contributed by atoms with Crippen LogP contribution in [0.15, 0.2) is 5.16 Å². The molecule has 0 bridgehead atoms. The molecular formula is C8H13NO3. The zero-order chi connectivity index (χ0) is 9.35. The van der Waals surface area contributed by atoms with Gasteiger partial charge in [-0.3, -0.25) is 0 Å². The van der Waals surface area contributed by atoms with Gasteiger partial charge in [-0.1, -0.05) is 19.0 Å². The van der Waals surface area contributed by atoms with E-state index in [-0.39, 0.29) is 5.92 Å². The second kappa shape index (κ2) is 2.77. The fourth-order valence-corrected chi connectivity index (χ4v) is 0.994. The third-order valence-corrected chi connectivity index (χ3v) is 2.00. The van der Waals surface area contributed by atoms with Crippen molar-refractivity contribution >= 4 is 11.7 Å². The van der Waals surface area contributed by atoms with Gasteiger partial charge in [0.05, 0.1) is 5.71 Å². The molecule has 4 heteroatoms. The van der Waals surface area contributed by atoms with Gasteiger partial charge in [0.2, 0.25) is 5.60 Å². The lowest BCUT2D eigenvalue weighted by atomic mass is 9.95. The molecule has 68 valence electrons. The number of hydrogen-bond donors (Lipinski definition) is 1. The van der Waals surface area contributed by atoms with Crippen LogP contribution in [0.5, 0.6) is 0 Å².